The molecule has 0 aliphatic rings. The fourth-order valence-corrected chi connectivity index (χ4v) is 1.50. The fraction of sp³-hybridized carbons (Fsp3) is 0.333. The molecule has 2 N–H and O–H groups in total. The molecule has 0 aliphatic carbocycles. The van der Waals surface area contributed by atoms with Gasteiger partial charge in [-0.2, -0.15) is 0 Å². The second-order valence-corrected chi connectivity index (χ2v) is 4.62. The Kier molecular flexibility index (Phi) is 4.83. The zero-order chi connectivity index (χ0) is 12.8. The van der Waals surface area contributed by atoms with E-state index in [1.807, 2.05) is 24.3 Å². The minimum atomic E-state index is 0.0850. The summed E-state index contributed by atoms with van der Waals surface area (Å²) in [5, 5.41) is 12.6. The average Bonchev–Trinajstić information content (AvgIpc) is 2.28. The third-order valence-corrected chi connectivity index (χ3v) is 2.60. The van der Waals surface area contributed by atoms with Gasteiger partial charge in [0.05, 0.1) is 0 Å². The van der Waals surface area contributed by atoms with Crippen LogP contribution in [0.5, 0.6) is 0 Å². The van der Waals surface area contributed by atoms with Crippen LogP contribution >= 0.6 is 0 Å². The molecule has 0 aromatic heterocycles. The van der Waals surface area contributed by atoms with E-state index in [1.165, 1.54) is 0 Å². The minimum Gasteiger partial charge on any atom is -0.508 e. The summed E-state index contributed by atoms with van der Waals surface area (Å²) in [7, 11) is 0. The van der Waals surface area contributed by atoms with Gasteiger partial charge in [-0.15, -0.1) is 0 Å². The van der Waals surface area contributed by atoms with Crippen LogP contribution in [0.1, 0.15) is 31.4 Å². The van der Waals surface area contributed by atoms with Crippen LogP contribution in [-0.4, -0.2) is 11.7 Å². The molecule has 2 heteroatoms. The maximum atomic E-state index is 9.33. The molecular formula is C15H21NO. The van der Waals surface area contributed by atoms with Crippen LogP contribution in [0.3, 0.4) is 0 Å². The summed E-state index contributed by atoms with van der Waals surface area (Å²) < 4.78 is 0. The van der Waals surface area contributed by atoms with Crippen molar-refractivity contribution >= 4 is 11.5 Å². The van der Waals surface area contributed by atoms with Crippen molar-refractivity contribution in [1.82, 2.24) is 5.32 Å². The van der Waals surface area contributed by atoms with Gasteiger partial charge in [-0.3, -0.25) is 0 Å². The molecular weight excluding hydrogens is 210 g/mol. The summed E-state index contributed by atoms with van der Waals surface area (Å²) in [6, 6.07) is 7.57. The summed E-state index contributed by atoms with van der Waals surface area (Å²) in [6.45, 7) is 12.8. The highest BCUT2D eigenvalue weighted by molar-refractivity contribution is 5.66. The van der Waals surface area contributed by atoms with Crippen LogP contribution < -0.4 is 5.32 Å². The molecule has 1 aromatic rings. The van der Waals surface area contributed by atoms with E-state index in [1.54, 1.807) is 0 Å². The predicted molar refractivity (Wildman–Crippen MR) is 74.6 cm³/mol. The average molecular weight is 231 g/mol. The van der Waals surface area contributed by atoms with E-state index < -0.39 is 0 Å². The van der Waals surface area contributed by atoms with Crippen molar-refractivity contribution in [2.75, 3.05) is 6.54 Å². The highest BCUT2D eigenvalue weighted by atomic mass is 16.3. The van der Waals surface area contributed by atoms with Crippen LogP contribution in [-0.2, 0) is 0 Å². The molecule has 0 spiro atoms. The van der Waals surface area contributed by atoms with Crippen LogP contribution in [0, 0.1) is 5.92 Å². The Labute approximate surface area is 104 Å². The van der Waals surface area contributed by atoms with Crippen LogP contribution in [0.25, 0.3) is 11.5 Å². The Morgan fingerprint density at radius 3 is 2.53 bits per heavy atom. The summed E-state index contributed by atoms with van der Waals surface area (Å²) >= 11 is 0. The van der Waals surface area contributed by atoms with Gasteiger partial charge in [0, 0.05) is 17.8 Å². The third-order valence-electron chi connectivity index (χ3n) is 2.60. The first-order valence-corrected chi connectivity index (χ1v) is 5.92. The Bertz CT molecular complexity index is 407. The predicted octanol–water partition coefficient (Wildman–Crippen LogP) is 3.82. The molecule has 0 atom stereocenters. The van der Waals surface area contributed by atoms with Crippen LogP contribution in [0.4, 0.5) is 0 Å². The molecule has 0 heterocycles. The number of aliphatic hydroxyl groups is 1. The Morgan fingerprint density at radius 2 is 1.94 bits per heavy atom. The van der Waals surface area contributed by atoms with E-state index >= 15 is 0 Å². The molecule has 0 saturated carbocycles. The number of rotatable bonds is 6. The van der Waals surface area contributed by atoms with Gasteiger partial charge in [0.2, 0.25) is 0 Å². The maximum Gasteiger partial charge on any atom is 0.115 e. The molecule has 0 fully saturated rings. The minimum absolute atomic E-state index is 0.0850. The first-order chi connectivity index (χ1) is 8.00. The monoisotopic (exact) mass is 231 g/mol. The lowest BCUT2D eigenvalue weighted by Crippen LogP contribution is -2.14. The maximum absolute atomic E-state index is 9.33. The molecule has 1 aromatic carbocycles. The first-order valence-electron chi connectivity index (χ1n) is 5.92. The first kappa shape index (κ1) is 13.4. The molecule has 2 nitrogen and oxygen atoms in total. The van der Waals surface area contributed by atoms with Crippen molar-refractivity contribution in [3.8, 4) is 0 Å². The lowest BCUT2D eigenvalue weighted by molar-refractivity contribution is 0.514. The molecule has 0 amide bonds. The second kappa shape index (κ2) is 6.14. The molecule has 17 heavy (non-hydrogen) atoms. The molecule has 0 bridgehead atoms. The fourth-order valence-electron chi connectivity index (χ4n) is 1.50. The number of nitrogens with one attached hydrogen (secondary N) is 1. The molecule has 1 rings (SSSR count). The van der Waals surface area contributed by atoms with Gasteiger partial charge in [-0.25, -0.2) is 0 Å². The highest BCUT2D eigenvalue weighted by Gasteiger charge is 2.02. The van der Waals surface area contributed by atoms with Crippen LogP contribution in [0.15, 0.2) is 37.4 Å². The van der Waals surface area contributed by atoms with Crippen molar-refractivity contribution in [2.24, 2.45) is 5.92 Å². The Hall–Kier alpha value is -1.70. The number of hydrogen-bond donors (Lipinski definition) is 2. The van der Waals surface area contributed by atoms with Crippen molar-refractivity contribution in [1.29, 1.82) is 0 Å². The van der Waals surface area contributed by atoms with E-state index in [2.05, 4.69) is 32.3 Å². The Morgan fingerprint density at radius 1 is 1.29 bits per heavy atom. The summed E-state index contributed by atoms with van der Waals surface area (Å²) in [5.74, 6) is 0.765. The van der Waals surface area contributed by atoms with Gasteiger partial charge in [0.25, 0.3) is 0 Å². The van der Waals surface area contributed by atoms with Crippen molar-refractivity contribution in [3.63, 3.8) is 0 Å². The molecule has 92 valence electrons. The van der Waals surface area contributed by atoms with Gasteiger partial charge in [-0.05, 0) is 24.0 Å². The summed E-state index contributed by atoms with van der Waals surface area (Å²) in [5.41, 5.74) is 2.60. The van der Waals surface area contributed by atoms with E-state index in [4.69, 9.17) is 0 Å². The van der Waals surface area contributed by atoms with Crippen molar-refractivity contribution < 1.29 is 5.11 Å². The second-order valence-electron chi connectivity index (χ2n) is 4.62. The van der Waals surface area contributed by atoms with E-state index in [0.29, 0.717) is 5.92 Å². The molecule has 0 aliphatic heterocycles. The standard InChI is InChI=1S/C15H21NO/c1-11(2)8-9-16-12(3)14-6-5-7-15(10-14)13(4)17/h5-7,10-11,16-17H,3-4,8-9H2,1-2H3. The van der Waals surface area contributed by atoms with Crippen LogP contribution in [0.2, 0.25) is 0 Å². The van der Waals surface area contributed by atoms with Gasteiger partial charge in [-0.1, -0.05) is 45.2 Å². The van der Waals surface area contributed by atoms with Gasteiger partial charge < -0.3 is 10.4 Å². The van der Waals surface area contributed by atoms with Crippen molar-refractivity contribution in [3.05, 3.63) is 48.6 Å². The summed E-state index contributed by atoms with van der Waals surface area (Å²) in [4.78, 5) is 0. The van der Waals surface area contributed by atoms with Crippen molar-refractivity contribution in [2.45, 2.75) is 20.3 Å². The van der Waals surface area contributed by atoms with E-state index in [-0.39, 0.29) is 5.76 Å². The lowest BCUT2D eigenvalue weighted by Gasteiger charge is -2.12. The normalized spacial score (nSPS) is 10.3. The van der Waals surface area contributed by atoms with E-state index in [9.17, 15) is 5.11 Å². The molecule has 0 radical (unpaired) electrons. The molecule has 0 unspecified atom stereocenters. The molecule has 0 saturated heterocycles. The third kappa shape index (κ3) is 4.35. The lowest BCUT2D eigenvalue weighted by atomic mass is 10.1. The smallest absolute Gasteiger partial charge is 0.115 e. The van der Waals surface area contributed by atoms with Gasteiger partial charge in [0.1, 0.15) is 5.76 Å². The number of aliphatic hydroxyl groups excluding tert-OH is 1. The summed E-state index contributed by atoms with van der Waals surface area (Å²) in [6.07, 6.45) is 1.12. The highest BCUT2D eigenvalue weighted by Crippen LogP contribution is 2.16. The number of hydrogen-bond acceptors (Lipinski definition) is 2. The number of benzene rings is 1. The van der Waals surface area contributed by atoms with E-state index in [0.717, 1.165) is 29.8 Å². The largest absolute Gasteiger partial charge is 0.508 e. The zero-order valence-corrected chi connectivity index (χ0v) is 10.7. The Balaban J connectivity index is 2.63. The van der Waals surface area contributed by atoms with Gasteiger partial charge >= 0.3 is 0 Å². The topological polar surface area (TPSA) is 32.3 Å². The van der Waals surface area contributed by atoms with Gasteiger partial charge in [0.15, 0.2) is 0 Å². The SMILES string of the molecule is C=C(O)c1cccc(C(=C)NCCC(C)C)c1. The zero-order valence-electron chi connectivity index (χ0n) is 10.7. The quantitative estimate of drug-likeness (QED) is 0.729.